The van der Waals surface area contributed by atoms with E-state index in [0.717, 1.165) is 6.26 Å². The molecule has 0 heterocycles. The summed E-state index contributed by atoms with van der Waals surface area (Å²) >= 11 is 0. The first-order valence-electron chi connectivity index (χ1n) is 4.65. The summed E-state index contributed by atoms with van der Waals surface area (Å²) < 4.78 is 38.6. The molecule has 0 saturated heterocycles. The van der Waals surface area contributed by atoms with Crippen LogP contribution in [0.15, 0.2) is 0 Å². The van der Waals surface area contributed by atoms with Gasteiger partial charge in [0.25, 0.3) is 0 Å². The average molecular weight is 241 g/mol. The molecule has 0 saturated carbocycles. The van der Waals surface area contributed by atoms with Crippen LogP contribution in [0.1, 0.15) is 0 Å². The van der Waals surface area contributed by atoms with Crippen molar-refractivity contribution in [2.45, 2.75) is 0 Å². The third kappa shape index (κ3) is 13.8. The van der Waals surface area contributed by atoms with E-state index >= 15 is 0 Å². The van der Waals surface area contributed by atoms with Gasteiger partial charge in [-0.3, -0.25) is 0 Å². The normalized spacial score (nSPS) is 11.9. The summed E-state index contributed by atoms with van der Waals surface area (Å²) in [6.45, 7) is 2.69. The van der Waals surface area contributed by atoms with Gasteiger partial charge < -0.3 is 14.2 Å². The fourth-order valence-electron chi connectivity index (χ4n) is 0.763. The lowest BCUT2D eigenvalue weighted by Gasteiger charge is -2.05. The maximum atomic E-state index is 10.6. The third-order valence-corrected chi connectivity index (χ3v) is 2.14. The van der Waals surface area contributed by atoms with Gasteiger partial charge in [0.1, 0.15) is 0 Å². The maximum Gasteiger partial charge on any atom is 0.208 e. The topological polar surface area (TPSA) is 73.9 Å². The molecule has 0 aliphatic rings. The summed E-state index contributed by atoms with van der Waals surface area (Å²) in [5.74, 6) is 0. The van der Waals surface area contributed by atoms with Crippen LogP contribution in [0, 0.1) is 0 Å². The van der Waals surface area contributed by atoms with E-state index in [1.807, 2.05) is 0 Å². The van der Waals surface area contributed by atoms with Gasteiger partial charge in [-0.25, -0.2) is 13.1 Å². The minimum Gasteiger partial charge on any atom is -0.382 e. The Morgan fingerprint density at radius 3 is 2.07 bits per heavy atom. The Kier molecular flexibility index (Phi) is 8.92. The maximum absolute atomic E-state index is 10.6. The van der Waals surface area contributed by atoms with Crippen molar-refractivity contribution in [3.05, 3.63) is 0 Å². The van der Waals surface area contributed by atoms with Crippen LogP contribution < -0.4 is 4.72 Å². The molecule has 0 unspecified atom stereocenters. The lowest BCUT2D eigenvalue weighted by Crippen LogP contribution is -2.26. The molecule has 0 aromatic carbocycles. The van der Waals surface area contributed by atoms with Crippen LogP contribution in [0.4, 0.5) is 0 Å². The average Bonchev–Trinajstić information content (AvgIpc) is 2.14. The highest BCUT2D eigenvalue weighted by molar-refractivity contribution is 7.88. The lowest BCUT2D eigenvalue weighted by molar-refractivity contribution is 0.0262. The molecule has 0 rings (SSSR count). The number of hydrogen-bond donors (Lipinski definition) is 1. The summed E-state index contributed by atoms with van der Waals surface area (Å²) in [6, 6.07) is 0. The Hall–Kier alpha value is -0.210. The molecule has 0 aliphatic carbocycles. The first kappa shape index (κ1) is 14.8. The van der Waals surface area contributed by atoms with E-state index in [1.165, 1.54) is 0 Å². The molecule has 6 nitrogen and oxygen atoms in total. The van der Waals surface area contributed by atoms with Crippen LogP contribution in [0.25, 0.3) is 0 Å². The minimum atomic E-state index is -3.11. The van der Waals surface area contributed by atoms with Crippen molar-refractivity contribution < 1.29 is 22.6 Å². The van der Waals surface area contributed by atoms with Gasteiger partial charge in [0, 0.05) is 13.7 Å². The molecule has 0 atom stereocenters. The van der Waals surface area contributed by atoms with E-state index in [-0.39, 0.29) is 6.54 Å². The molecule has 92 valence electrons. The van der Waals surface area contributed by atoms with E-state index in [2.05, 4.69) is 4.72 Å². The van der Waals surface area contributed by atoms with Crippen LogP contribution in [0.2, 0.25) is 0 Å². The van der Waals surface area contributed by atoms with Crippen LogP contribution in [-0.2, 0) is 24.2 Å². The van der Waals surface area contributed by atoms with E-state index in [4.69, 9.17) is 14.2 Å². The first-order chi connectivity index (χ1) is 7.06. The van der Waals surface area contributed by atoms with Crippen LogP contribution in [-0.4, -0.2) is 61.4 Å². The standard InChI is InChI=1S/C8H19NO5S/c1-12-5-6-14-8-7-13-4-3-9-15(2,10)11/h9H,3-8H2,1-2H3. The highest BCUT2D eigenvalue weighted by atomic mass is 32.2. The van der Waals surface area contributed by atoms with Crippen LogP contribution >= 0.6 is 0 Å². The Balaban J connectivity index is 3.06. The van der Waals surface area contributed by atoms with Gasteiger partial charge in [0.05, 0.1) is 39.3 Å². The summed E-state index contributed by atoms with van der Waals surface area (Å²) in [5.41, 5.74) is 0. The molecule has 0 amide bonds. The van der Waals surface area contributed by atoms with E-state index in [9.17, 15) is 8.42 Å². The smallest absolute Gasteiger partial charge is 0.208 e. The van der Waals surface area contributed by atoms with Crippen molar-refractivity contribution >= 4 is 10.0 Å². The number of sulfonamides is 1. The number of hydrogen-bond acceptors (Lipinski definition) is 5. The van der Waals surface area contributed by atoms with Gasteiger partial charge in [-0.1, -0.05) is 0 Å². The SMILES string of the molecule is COCCOCCOCCNS(C)(=O)=O. The monoisotopic (exact) mass is 241 g/mol. The Labute approximate surface area is 90.9 Å². The van der Waals surface area contributed by atoms with E-state index in [0.29, 0.717) is 33.0 Å². The summed E-state index contributed by atoms with van der Waals surface area (Å²) in [7, 11) is -1.50. The minimum absolute atomic E-state index is 0.289. The van der Waals surface area contributed by atoms with Gasteiger partial charge in [0.15, 0.2) is 0 Å². The zero-order chi connectivity index (χ0) is 11.6. The highest BCUT2D eigenvalue weighted by Crippen LogP contribution is 1.80. The fraction of sp³-hybridized carbons (Fsp3) is 1.00. The Bertz CT molecular complexity index is 229. The zero-order valence-electron chi connectivity index (χ0n) is 9.19. The third-order valence-electron chi connectivity index (χ3n) is 1.41. The van der Waals surface area contributed by atoms with Crippen molar-refractivity contribution in [1.29, 1.82) is 0 Å². The predicted molar refractivity (Wildman–Crippen MR) is 56.4 cm³/mol. The van der Waals surface area contributed by atoms with Crippen LogP contribution in [0.3, 0.4) is 0 Å². The molecular formula is C8H19NO5S. The molecule has 0 aromatic heterocycles. The van der Waals surface area contributed by atoms with Crippen molar-refractivity contribution in [1.82, 2.24) is 4.72 Å². The quantitative estimate of drug-likeness (QED) is 0.508. The van der Waals surface area contributed by atoms with Crippen molar-refractivity contribution in [2.75, 3.05) is 52.9 Å². The summed E-state index contributed by atoms with van der Waals surface area (Å²) in [5, 5.41) is 0. The second kappa shape index (κ2) is 9.05. The Morgan fingerprint density at radius 2 is 1.53 bits per heavy atom. The molecule has 0 fully saturated rings. The molecular weight excluding hydrogens is 222 g/mol. The fourth-order valence-corrected chi connectivity index (χ4v) is 1.22. The van der Waals surface area contributed by atoms with Crippen molar-refractivity contribution in [3.63, 3.8) is 0 Å². The van der Waals surface area contributed by atoms with Crippen LogP contribution in [0.5, 0.6) is 0 Å². The van der Waals surface area contributed by atoms with Gasteiger partial charge in [-0.15, -0.1) is 0 Å². The highest BCUT2D eigenvalue weighted by Gasteiger charge is 1.98. The lowest BCUT2D eigenvalue weighted by atomic mass is 10.7. The number of nitrogens with one attached hydrogen (secondary N) is 1. The second-order valence-corrected chi connectivity index (χ2v) is 4.72. The Morgan fingerprint density at radius 1 is 1.00 bits per heavy atom. The first-order valence-corrected chi connectivity index (χ1v) is 6.54. The second-order valence-electron chi connectivity index (χ2n) is 2.88. The molecule has 0 spiro atoms. The molecule has 0 bridgehead atoms. The number of methoxy groups -OCH3 is 1. The molecule has 1 N–H and O–H groups in total. The van der Waals surface area contributed by atoms with Gasteiger partial charge in [0.2, 0.25) is 10.0 Å². The van der Waals surface area contributed by atoms with Gasteiger partial charge in [-0.2, -0.15) is 0 Å². The zero-order valence-corrected chi connectivity index (χ0v) is 10.0. The summed E-state index contributed by atoms with van der Waals surface area (Å²) in [6.07, 6.45) is 1.11. The van der Waals surface area contributed by atoms with Gasteiger partial charge >= 0.3 is 0 Å². The molecule has 15 heavy (non-hydrogen) atoms. The molecule has 0 aliphatic heterocycles. The molecule has 0 aromatic rings. The van der Waals surface area contributed by atoms with Crippen molar-refractivity contribution in [2.24, 2.45) is 0 Å². The number of ether oxygens (including phenoxy) is 3. The van der Waals surface area contributed by atoms with Crippen molar-refractivity contribution in [3.8, 4) is 0 Å². The predicted octanol–water partition coefficient (Wildman–Crippen LogP) is -0.785. The molecule has 7 heteroatoms. The summed E-state index contributed by atoms with van der Waals surface area (Å²) in [4.78, 5) is 0. The number of rotatable bonds is 10. The van der Waals surface area contributed by atoms with Gasteiger partial charge in [-0.05, 0) is 0 Å². The largest absolute Gasteiger partial charge is 0.382 e. The van der Waals surface area contributed by atoms with E-state index in [1.54, 1.807) is 7.11 Å². The van der Waals surface area contributed by atoms with E-state index < -0.39 is 10.0 Å². The molecule has 0 radical (unpaired) electrons.